The van der Waals surface area contributed by atoms with Gasteiger partial charge < -0.3 is 9.80 Å². The van der Waals surface area contributed by atoms with Crippen LogP contribution in [0.4, 0.5) is 28.4 Å². The summed E-state index contributed by atoms with van der Waals surface area (Å²) in [5, 5.41) is 0. The maximum Gasteiger partial charge on any atom is 0.0714 e. The van der Waals surface area contributed by atoms with Gasteiger partial charge in [0.1, 0.15) is 0 Å². The molecular weight excluding hydrogens is 665 g/mol. The highest BCUT2D eigenvalue weighted by atomic mass is 15.2. The summed E-state index contributed by atoms with van der Waals surface area (Å²) in [5.74, 6) is 0. The van der Waals surface area contributed by atoms with Gasteiger partial charge in [-0.2, -0.15) is 0 Å². The van der Waals surface area contributed by atoms with Crippen LogP contribution < -0.4 is 9.80 Å². The summed E-state index contributed by atoms with van der Waals surface area (Å²) >= 11 is 0. The molecule has 0 spiro atoms. The van der Waals surface area contributed by atoms with Gasteiger partial charge in [-0.3, -0.25) is 0 Å². The van der Waals surface area contributed by atoms with Crippen LogP contribution in [0.15, 0.2) is 194 Å². The molecule has 55 heavy (non-hydrogen) atoms. The van der Waals surface area contributed by atoms with Crippen molar-refractivity contribution < 1.29 is 0 Å². The molecule has 0 saturated heterocycles. The molecule has 10 rings (SSSR count). The van der Waals surface area contributed by atoms with E-state index >= 15 is 0 Å². The minimum absolute atomic E-state index is 0.0447. The number of hydrogen-bond donors (Lipinski definition) is 0. The second kappa shape index (κ2) is 12.9. The molecule has 1 aliphatic heterocycles. The third kappa shape index (κ3) is 5.16. The van der Waals surface area contributed by atoms with Crippen molar-refractivity contribution in [3.05, 3.63) is 228 Å². The van der Waals surface area contributed by atoms with Crippen LogP contribution in [0.3, 0.4) is 0 Å². The lowest BCUT2D eigenvalue weighted by Crippen LogP contribution is -2.28. The summed E-state index contributed by atoms with van der Waals surface area (Å²) in [6, 6.07) is 65.8. The number of para-hydroxylation sites is 1. The Labute approximate surface area is 325 Å². The average Bonchev–Trinajstić information content (AvgIpc) is 3.73. The van der Waals surface area contributed by atoms with Crippen LogP contribution in [0, 0.1) is 0 Å². The summed E-state index contributed by atoms with van der Waals surface area (Å²) < 4.78 is 0. The smallest absolute Gasteiger partial charge is 0.0714 e. The second-order valence-corrected chi connectivity index (χ2v) is 16.1. The fraction of sp³-hybridized carbons (Fsp3) is 0.132. The van der Waals surface area contributed by atoms with Crippen LogP contribution in [0.1, 0.15) is 60.6 Å². The minimum atomic E-state index is -0.483. The van der Waals surface area contributed by atoms with Crippen molar-refractivity contribution in [1.29, 1.82) is 0 Å². The van der Waals surface area contributed by atoms with Crippen LogP contribution in [-0.2, 0) is 10.8 Å². The van der Waals surface area contributed by atoms with Gasteiger partial charge in [-0.1, -0.05) is 172 Å². The fourth-order valence-corrected chi connectivity index (χ4v) is 9.51. The summed E-state index contributed by atoms with van der Waals surface area (Å²) in [7, 11) is 0. The van der Waals surface area contributed by atoms with Crippen LogP contribution >= 0.6 is 0 Å². The zero-order valence-electron chi connectivity index (χ0n) is 31.7. The van der Waals surface area contributed by atoms with E-state index in [2.05, 4.69) is 225 Å². The molecule has 3 aliphatic rings. The zero-order chi connectivity index (χ0) is 37.1. The van der Waals surface area contributed by atoms with Crippen LogP contribution in [0.25, 0.3) is 16.7 Å². The molecule has 0 unspecified atom stereocenters. The molecule has 2 heteroatoms. The van der Waals surface area contributed by atoms with E-state index in [1.165, 1.54) is 67.1 Å². The second-order valence-electron chi connectivity index (χ2n) is 16.1. The first-order valence-electron chi connectivity index (χ1n) is 19.5. The molecule has 7 aromatic rings. The van der Waals surface area contributed by atoms with E-state index in [1.54, 1.807) is 0 Å². The van der Waals surface area contributed by atoms with E-state index in [4.69, 9.17) is 0 Å². The van der Waals surface area contributed by atoms with Crippen molar-refractivity contribution in [1.82, 2.24) is 0 Å². The van der Waals surface area contributed by atoms with E-state index in [0.717, 1.165) is 17.8 Å². The van der Waals surface area contributed by atoms with Gasteiger partial charge >= 0.3 is 0 Å². The zero-order valence-corrected chi connectivity index (χ0v) is 31.7. The summed E-state index contributed by atoms with van der Waals surface area (Å²) in [4.78, 5) is 5.06. The predicted octanol–water partition coefficient (Wildman–Crippen LogP) is 13.7. The number of anilines is 5. The molecular formula is C53H44N2. The van der Waals surface area contributed by atoms with Crippen LogP contribution in [0.5, 0.6) is 0 Å². The first-order valence-corrected chi connectivity index (χ1v) is 19.5. The van der Waals surface area contributed by atoms with E-state index in [-0.39, 0.29) is 11.5 Å². The van der Waals surface area contributed by atoms with Crippen LogP contribution in [0.2, 0.25) is 0 Å². The third-order valence-corrected chi connectivity index (χ3v) is 12.0. The SMILES string of the molecule is CC(C)(C)c1ccc(N(c2ccc3c(c2)N(c2ccccc2)[C@@H]2CC=CC=C32)c2cccc3c2-c2ccccc2C3(c2ccccc2)c2ccccc2)cc1. The largest absolute Gasteiger partial charge is 0.333 e. The monoisotopic (exact) mass is 708 g/mol. The highest BCUT2D eigenvalue weighted by Gasteiger charge is 2.47. The van der Waals surface area contributed by atoms with Gasteiger partial charge in [-0.25, -0.2) is 0 Å². The lowest BCUT2D eigenvalue weighted by atomic mass is 9.68. The lowest BCUT2D eigenvalue weighted by molar-refractivity contribution is 0.590. The molecule has 266 valence electrons. The Kier molecular flexibility index (Phi) is 7.78. The van der Waals surface area contributed by atoms with Gasteiger partial charge in [-0.15, -0.1) is 0 Å². The van der Waals surface area contributed by atoms with E-state index in [1.807, 2.05) is 0 Å². The molecule has 0 aromatic heterocycles. The van der Waals surface area contributed by atoms with Crippen molar-refractivity contribution in [2.75, 3.05) is 9.80 Å². The summed E-state index contributed by atoms with van der Waals surface area (Å²) in [6.07, 6.45) is 7.81. The molecule has 0 amide bonds. The normalized spacial score (nSPS) is 16.2. The Hall–Kier alpha value is -6.38. The molecule has 2 aliphatic carbocycles. The maximum absolute atomic E-state index is 2.55. The van der Waals surface area contributed by atoms with E-state index in [0.29, 0.717) is 0 Å². The standard InChI is InChI=1S/C53H44N2/c1-52(2,3)37-30-32-41(33-31-37)54(42-34-35-44-43-24-14-16-28-48(43)55(50(44)36-42)40-22-11-6-12-23-40)49-29-17-27-47-51(49)45-25-13-15-26-46(45)53(47,38-18-7-4-8-19-38)39-20-9-5-10-21-39/h4-27,29-36,48H,28H2,1-3H3/t48-/m1/s1. The lowest BCUT2D eigenvalue weighted by Gasteiger charge is -2.34. The van der Waals surface area contributed by atoms with Gasteiger partial charge in [0.05, 0.1) is 22.8 Å². The Balaban J connectivity index is 1.25. The van der Waals surface area contributed by atoms with E-state index < -0.39 is 5.41 Å². The number of rotatable bonds is 6. The first-order chi connectivity index (χ1) is 26.9. The van der Waals surface area contributed by atoms with Crippen LogP contribution in [-0.4, -0.2) is 6.04 Å². The molecule has 0 fully saturated rings. The maximum atomic E-state index is 2.55. The van der Waals surface area contributed by atoms with Crippen molar-refractivity contribution in [3.63, 3.8) is 0 Å². The third-order valence-electron chi connectivity index (χ3n) is 12.0. The number of fused-ring (bicyclic) bond motifs is 6. The van der Waals surface area contributed by atoms with Crippen molar-refractivity contribution in [3.8, 4) is 11.1 Å². The number of benzene rings is 7. The molecule has 1 atom stereocenters. The Morgan fingerprint density at radius 3 is 1.89 bits per heavy atom. The van der Waals surface area contributed by atoms with Crippen molar-refractivity contribution in [2.24, 2.45) is 0 Å². The predicted molar refractivity (Wildman–Crippen MR) is 231 cm³/mol. The Morgan fingerprint density at radius 1 is 0.582 bits per heavy atom. The van der Waals surface area contributed by atoms with Gasteiger partial charge in [0.2, 0.25) is 0 Å². The number of allylic oxidation sites excluding steroid dienone is 2. The van der Waals surface area contributed by atoms with Crippen molar-refractivity contribution >= 4 is 34.0 Å². The Morgan fingerprint density at radius 2 is 1.20 bits per heavy atom. The van der Waals surface area contributed by atoms with Gasteiger partial charge in [-0.05, 0) is 93.3 Å². The highest BCUT2D eigenvalue weighted by molar-refractivity contribution is 6.00. The summed E-state index contributed by atoms with van der Waals surface area (Å²) in [5.41, 5.74) is 17.2. The average molecular weight is 709 g/mol. The van der Waals surface area contributed by atoms with Gasteiger partial charge in [0.15, 0.2) is 0 Å². The van der Waals surface area contributed by atoms with E-state index in [9.17, 15) is 0 Å². The summed E-state index contributed by atoms with van der Waals surface area (Å²) in [6.45, 7) is 6.86. The fourth-order valence-electron chi connectivity index (χ4n) is 9.51. The minimum Gasteiger partial charge on any atom is -0.333 e. The highest BCUT2D eigenvalue weighted by Crippen LogP contribution is 2.60. The van der Waals surface area contributed by atoms with Gasteiger partial charge in [0.25, 0.3) is 0 Å². The quantitative estimate of drug-likeness (QED) is 0.170. The molecule has 1 heterocycles. The molecule has 0 N–H and O–H groups in total. The van der Waals surface area contributed by atoms with Crippen molar-refractivity contribution in [2.45, 2.75) is 44.1 Å². The van der Waals surface area contributed by atoms with Gasteiger partial charge in [0, 0.05) is 28.2 Å². The molecule has 2 nitrogen and oxygen atoms in total. The number of nitrogens with zero attached hydrogens (tertiary/aromatic N) is 2. The Bertz CT molecular complexity index is 2550. The molecule has 7 aromatic carbocycles. The molecule has 0 saturated carbocycles. The molecule has 0 bridgehead atoms. The first kappa shape index (κ1) is 33.2. The molecule has 0 radical (unpaired) electrons. The topological polar surface area (TPSA) is 6.48 Å². The number of hydrogen-bond acceptors (Lipinski definition) is 2.